The first-order chi connectivity index (χ1) is 8.74. The van der Waals surface area contributed by atoms with E-state index in [0.717, 1.165) is 10.0 Å². The summed E-state index contributed by atoms with van der Waals surface area (Å²) in [5.74, 6) is 0.612. The SMILES string of the molecule is O=C1Cc2cc(Br)ccc2ON1c1ccncc1. The van der Waals surface area contributed by atoms with E-state index in [2.05, 4.69) is 20.9 Å². The normalized spacial score (nSPS) is 14.1. The summed E-state index contributed by atoms with van der Waals surface area (Å²) in [6.07, 6.45) is 3.59. The summed E-state index contributed by atoms with van der Waals surface area (Å²) >= 11 is 3.38. The van der Waals surface area contributed by atoms with Crippen LogP contribution in [0.25, 0.3) is 0 Å². The molecule has 18 heavy (non-hydrogen) atoms. The lowest BCUT2D eigenvalue weighted by atomic mass is 10.1. The summed E-state index contributed by atoms with van der Waals surface area (Å²) in [5.41, 5.74) is 1.57. The number of hydrogen-bond donors (Lipinski definition) is 0. The average Bonchev–Trinajstić information content (AvgIpc) is 2.39. The van der Waals surface area contributed by atoms with E-state index in [9.17, 15) is 4.79 Å². The first-order valence-corrected chi connectivity index (χ1v) is 6.23. The summed E-state index contributed by atoms with van der Waals surface area (Å²) < 4.78 is 0.940. The molecule has 1 amide bonds. The number of hydroxylamine groups is 1. The van der Waals surface area contributed by atoms with Crippen LogP contribution in [-0.2, 0) is 11.2 Å². The highest BCUT2D eigenvalue weighted by Gasteiger charge is 2.26. The Morgan fingerprint density at radius 2 is 2.00 bits per heavy atom. The van der Waals surface area contributed by atoms with Crippen molar-refractivity contribution in [2.75, 3.05) is 5.06 Å². The second-order valence-corrected chi connectivity index (χ2v) is 4.83. The van der Waals surface area contributed by atoms with Gasteiger partial charge in [-0.05, 0) is 30.3 Å². The third-order valence-electron chi connectivity index (χ3n) is 2.68. The number of carbonyl (C=O) groups is 1. The van der Waals surface area contributed by atoms with Crippen LogP contribution in [0.1, 0.15) is 5.56 Å². The van der Waals surface area contributed by atoms with Gasteiger partial charge in [-0.25, -0.2) is 0 Å². The molecule has 0 unspecified atom stereocenters. The molecule has 0 saturated carbocycles. The fourth-order valence-corrected chi connectivity index (χ4v) is 2.24. The number of carbonyl (C=O) groups excluding carboxylic acids is 1. The molecule has 1 aromatic carbocycles. The van der Waals surface area contributed by atoms with Gasteiger partial charge in [0, 0.05) is 22.4 Å². The monoisotopic (exact) mass is 304 g/mol. The topological polar surface area (TPSA) is 42.4 Å². The zero-order chi connectivity index (χ0) is 12.5. The van der Waals surface area contributed by atoms with Crippen LogP contribution in [0.15, 0.2) is 47.2 Å². The largest absolute Gasteiger partial charge is 0.372 e. The number of benzene rings is 1. The van der Waals surface area contributed by atoms with E-state index in [-0.39, 0.29) is 5.91 Å². The molecule has 1 aliphatic rings. The summed E-state index contributed by atoms with van der Waals surface area (Å²) in [5, 5.41) is 1.30. The van der Waals surface area contributed by atoms with Gasteiger partial charge in [-0.3, -0.25) is 9.78 Å². The molecule has 1 aromatic heterocycles. The Balaban J connectivity index is 1.97. The van der Waals surface area contributed by atoms with Crippen molar-refractivity contribution in [1.29, 1.82) is 0 Å². The molecule has 90 valence electrons. The van der Waals surface area contributed by atoms with Crippen LogP contribution in [0.4, 0.5) is 5.69 Å². The first kappa shape index (κ1) is 11.2. The van der Waals surface area contributed by atoms with Gasteiger partial charge in [0.2, 0.25) is 0 Å². The molecule has 0 saturated heterocycles. The molecule has 0 spiro atoms. The van der Waals surface area contributed by atoms with Crippen molar-refractivity contribution < 1.29 is 9.63 Å². The Bertz CT molecular complexity index is 601. The van der Waals surface area contributed by atoms with Gasteiger partial charge in [-0.2, -0.15) is 0 Å². The van der Waals surface area contributed by atoms with E-state index >= 15 is 0 Å². The number of anilines is 1. The number of halogens is 1. The Kier molecular flexibility index (Phi) is 2.76. The molecule has 0 radical (unpaired) electrons. The molecule has 0 aliphatic carbocycles. The lowest BCUT2D eigenvalue weighted by Gasteiger charge is -2.27. The summed E-state index contributed by atoms with van der Waals surface area (Å²) in [4.78, 5) is 21.6. The molecule has 0 fully saturated rings. The standard InChI is InChI=1S/C13H9BrN2O2/c14-10-1-2-12-9(7-10)8-13(17)16(18-12)11-3-5-15-6-4-11/h1-7H,8H2. The lowest BCUT2D eigenvalue weighted by Crippen LogP contribution is -2.39. The quantitative estimate of drug-likeness (QED) is 0.813. The summed E-state index contributed by atoms with van der Waals surface area (Å²) in [6, 6.07) is 9.11. The minimum atomic E-state index is -0.0909. The van der Waals surface area contributed by atoms with E-state index in [4.69, 9.17) is 4.84 Å². The fourth-order valence-electron chi connectivity index (χ4n) is 1.84. The van der Waals surface area contributed by atoms with Crippen LogP contribution < -0.4 is 9.90 Å². The maximum Gasteiger partial charge on any atom is 0.264 e. The predicted octanol–water partition coefficient (Wildman–Crippen LogP) is 2.73. The van der Waals surface area contributed by atoms with Gasteiger partial charge < -0.3 is 4.84 Å². The van der Waals surface area contributed by atoms with Gasteiger partial charge in [-0.1, -0.05) is 15.9 Å². The van der Waals surface area contributed by atoms with Gasteiger partial charge in [0.25, 0.3) is 5.91 Å². The van der Waals surface area contributed by atoms with E-state index in [1.54, 1.807) is 24.5 Å². The Morgan fingerprint density at radius 1 is 1.22 bits per heavy atom. The zero-order valence-corrected chi connectivity index (χ0v) is 10.9. The first-order valence-electron chi connectivity index (χ1n) is 5.43. The molecular weight excluding hydrogens is 296 g/mol. The molecule has 3 rings (SSSR count). The highest BCUT2D eigenvalue weighted by atomic mass is 79.9. The second-order valence-electron chi connectivity index (χ2n) is 3.91. The third kappa shape index (κ3) is 1.97. The number of nitrogens with zero attached hydrogens (tertiary/aromatic N) is 2. The summed E-state index contributed by atoms with van der Waals surface area (Å²) in [7, 11) is 0. The van der Waals surface area contributed by atoms with Crippen LogP contribution in [0, 0.1) is 0 Å². The van der Waals surface area contributed by atoms with Crippen LogP contribution in [-0.4, -0.2) is 10.9 Å². The molecule has 5 heteroatoms. The number of pyridine rings is 1. The Hall–Kier alpha value is -1.88. The molecule has 2 aromatic rings. The number of hydrogen-bond acceptors (Lipinski definition) is 3. The van der Waals surface area contributed by atoms with Crippen molar-refractivity contribution in [2.24, 2.45) is 0 Å². The van der Waals surface area contributed by atoms with Gasteiger partial charge in [-0.15, -0.1) is 5.06 Å². The summed E-state index contributed by atoms with van der Waals surface area (Å²) in [6.45, 7) is 0. The maximum absolute atomic E-state index is 12.0. The fraction of sp³-hybridized carbons (Fsp3) is 0.0769. The van der Waals surface area contributed by atoms with Gasteiger partial charge in [0.05, 0.1) is 12.1 Å². The lowest BCUT2D eigenvalue weighted by molar-refractivity contribution is -0.123. The Morgan fingerprint density at radius 3 is 2.78 bits per heavy atom. The molecule has 4 nitrogen and oxygen atoms in total. The smallest absolute Gasteiger partial charge is 0.264 e. The molecule has 1 aliphatic heterocycles. The van der Waals surface area contributed by atoms with Crippen LogP contribution in [0.3, 0.4) is 0 Å². The predicted molar refractivity (Wildman–Crippen MR) is 70.2 cm³/mol. The highest BCUT2D eigenvalue weighted by molar-refractivity contribution is 9.10. The number of fused-ring (bicyclic) bond motifs is 1. The van der Waals surface area contributed by atoms with Gasteiger partial charge in [0.1, 0.15) is 0 Å². The van der Waals surface area contributed by atoms with Crippen molar-refractivity contribution in [3.63, 3.8) is 0 Å². The number of aromatic nitrogens is 1. The van der Waals surface area contributed by atoms with Crippen molar-refractivity contribution in [1.82, 2.24) is 4.98 Å². The van der Waals surface area contributed by atoms with E-state index < -0.39 is 0 Å². The minimum absolute atomic E-state index is 0.0909. The maximum atomic E-state index is 12.0. The third-order valence-corrected chi connectivity index (χ3v) is 3.17. The van der Waals surface area contributed by atoms with Gasteiger partial charge in [0.15, 0.2) is 5.75 Å². The highest BCUT2D eigenvalue weighted by Crippen LogP contribution is 2.30. The van der Waals surface area contributed by atoms with Crippen molar-refractivity contribution in [2.45, 2.75) is 6.42 Å². The van der Waals surface area contributed by atoms with Crippen molar-refractivity contribution in [3.8, 4) is 5.75 Å². The molecule has 0 atom stereocenters. The molecule has 2 heterocycles. The van der Waals surface area contributed by atoms with Crippen LogP contribution in [0.2, 0.25) is 0 Å². The zero-order valence-electron chi connectivity index (χ0n) is 9.34. The number of amides is 1. The van der Waals surface area contributed by atoms with Crippen molar-refractivity contribution >= 4 is 27.5 Å². The molecule has 0 bridgehead atoms. The Labute approximate surface area is 112 Å². The second kappa shape index (κ2) is 4.42. The van der Waals surface area contributed by atoms with Crippen LogP contribution in [0.5, 0.6) is 5.75 Å². The average molecular weight is 305 g/mol. The molecule has 0 N–H and O–H groups in total. The number of rotatable bonds is 1. The molecular formula is C13H9BrN2O2. The minimum Gasteiger partial charge on any atom is -0.372 e. The van der Waals surface area contributed by atoms with Crippen LogP contribution >= 0.6 is 15.9 Å². The van der Waals surface area contributed by atoms with E-state index in [1.807, 2.05) is 18.2 Å². The van der Waals surface area contributed by atoms with Gasteiger partial charge >= 0.3 is 0 Å². The van der Waals surface area contributed by atoms with Crippen molar-refractivity contribution in [3.05, 3.63) is 52.8 Å². The van der Waals surface area contributed by atoms with E-state index in [1.165, 1.54) is 5.06 Å². The van der Waals surface area contributed by atoms with E-state index in [0.29, 0.717) is 17.9 Å².